The first kappa shape index (κ1) is 19.9. The number of rotatable bonds is 5. The van der Waals surface area contributed by atoms with E-state index in [1.807, 2.05) is 39.0 Å². The number of hydrogen-bond acceptors (Lipinski definition) is 4. The summed E-state index contributed by atoms with van der Waals surface area (Å²) in [5, 5.41) is 2.79. The first-order chi connectivity index (χ1) is 13.4. The van der Waals surface area contributed by atoms with E-state index >= 15 is 0 Å². The van der Waals surface area contributed by atoms with Crippen LogP contribution in [0.15, 0.2) is 42.5 Å². The Hall–Kier alpha value is -2.86. The Bertz CT molecular complexity index is 865. The van der Waals surface area contributed by atoms with E-state index in [2.05, 4.69) is 5.32 Å². The molecule has 2 aromatic rings. The fourth-order valence-electron chi connectivity index (χ4n) is 3.07. The van der Waals surface area contributed by atoms with Gasteiger partial charge in [0.2, 0.25) is 0 Å². The molecule has 1 saturated heterocycles. The van der Waals surface area contributed by atoms with E-state index in [1.165, 1.54) is 5.56 Å². The highest BCUT2D eigenvalue weighted by molar-refractivity contribution is 5.97. The van der Waals surface area contributed by atoms with E-state index in [0.29, 0.717) is 36.8 Å². The van der Waals surface area contributed by atoms with Gasteiger partial charge in [-0.25, -0.2) is 0 Å². The van der Waals surface area contributed by atoms with Crippen molar-refractivity contribution in [3.63, 3.8) is 0 Å². The van der Waals surface area contributed by atoms with Crippen LogP contribution in [-0.4, -0.2) is 49.1 Å². The molecule has 6 nitrogen and oxygen atoms in total. The minimum absolute atomic E-state index is 0.0332. The average molecular weight is 382 g/mol. The van der Waals surface area contributed by atoms with Gasteiger partial charge in [0.1, 0.15) is 5.75 Å². The zero-order valence-corrected chi connectivity index (χ0v) is 16.5. The smallest absolute Gasteiger partial charge is 0.262 e. The van der Waals surface area contributed by atoms with Crippen molar-refractivity contribution in [2.75, 3.05) is 31.7 Å². The summed E-state index contributed by atoms with van der Waals surface area (Å²) in [4.78, 5) is 26.8. The summed E-state index contributed by atoms with van der Waals surface area (Å²) in [6.45, 7) is 7.55. The summed E-state index contributed by atoms with van der Waals surface area (Å²) < 4.78 is 10.9. The van der Waals surface area contributed by atoms with Gasteiger partial charge in [0.15, 0.2) is 6.61 Å². The number of nitrogens with one attached hydrogen (secondary N) is 1. The van der Waals surface area contributed by atoms with Crippen molar-refractivity contribution in [3.05, 3.63) is 59.2 Å². The topological polar surface area (TPSA) is 67.9 Å². The average Bonchev–Trinajstić information content (AvgIpc) is 2.69. The maximum absolute atomic E-state index is 12.8. The van der Waals surface area contributed by atoms with Gasteiger partial charge >= 0.3 is 0 Å². The Morgan fingerprint density at radius 2 is 2.00 bits per heavy atom. The summed E-state index contributed by atoms with van der Waals surface area (Å²) in [7, 11) is 0. The zero-order chi connectivity index (χ0) is 20.1. The minimum atomic E-state index is -0.275. The van der Waals surface area contributed by atoms with Gasteiger partial charge in [0.25, 0.3) is 11.8 Å². The molecule has 1 fully saturated rings. The molecule has 148 valence electrons. The molecule has 2 amide bonds. The fraction of sp³-hybridized carbons (Fsp3) is 0.364. The highest BCUT2D eigenvalue weighted by Gasteiger charge is 2.24. The number of benzene rings is 2. The van der Waals surface area contributed by atoms with Crippen LogP contribution >= 0.6 is 0 Å². The second-order valence-electron chi connectivity index (χ2n) is 7.09. The molecule has 0 aromatic heterocycles. The highest BCUT2D eigenvalue weighted by atomic mass is 16.5. The lowest BCUT2D eigenvalue weighted by atomic mass is 10.1. The lowest BCUT2D eigenvalue weighted by Gasteiger charge is -2.33. The summed E-state index contributed by atoms with van der Waals surface area (Å²) in [5.41, 5.74) is 3.40. The molecule has 1 unspecified atom stereocenters. The molecule has 2 aromatic carbocycles. The number of aryl methyl sites for hydroxylation is 2. The molecular weight excluding hydrogens is 356 g/mol. The number of morpholine rings is 1. The molecule has 0 saturated carbocycles. The van der Waals surface area contributed by atoms with E-state index < -0.39 is 0 Å². The summed E-state index contributed by atoms with van der Waals surface area (Å²) in [6.07, 6.45) is 0. The lowest BCUT2D eigenvalue weighted by Crippen LogP contribution is -2.47. The summed E-state index contributed by atoms with van der Waals surface area (Å²) in [6, 6.07) is 12.7. The molecule has 1 N–H and O–H groups in total. The van der Waals surface area contributed by atoms with Crippen LogP contribution < -0.4 is 10.1 Å². The molecule has 0 radical (unpaired) electrons. The number of carbonyl (C=O) groups excluding carboxylic acids is 2. The third-order valence-electron chi connectivity index (χ3n) is 4.87. The van der Waals surface area contributed by atoms with Crippen molar-refractivity contribution in [2.24, 2.45) is 0 Å². The third-order valence-corrected chi connectivity index (χ3v) is 4.87. The fourth-order valence-corrected chi connectivity index (χ4v) is 3.07. The van der Waals surface area contributed by atoms with Gasteiger partial charge < -0.3 is 19.7 Å². The molecular formula is C22H26N2O4. The number of amides is 2. The van der Waals surface area contributed by atoms with Crippen molar-refractivity contribution in [2.45, 2.75) is 26.8 Å². The number of carbonyl (C=O) groups is 2. The largest absolute Gasteiger partial charge is 0.484 e. The quantitative estimate of drug-likeness (QED) is 0.862. The SMILES string of the molecule is Cc1ccc(OCC(=O)Nc2cccc(C(=O)N3CCOCC3C)c2)cc1C. The number of nitrogens with zero attached hydrogens (tertiary/aromatic N) is 1. The van der Waals surface area contributed by atoms with Crippen molar-refractivity contribution in [1.82, 2.24) is 4.90 Å². The molecule has 0 bridgehead atoms. The molecule has 1 aliphatic heterocycles. The van der Waals surface area contributed by atoms with Gasteiger partial charge in [-0.15, -0.1) is 0 Å². The van der Waals surface area contributed by atoms with Gasteiger partial charge in [-0.3, -0.25) is 9.59 Å². The van der Waals surface area contributed by atoms with Gasteiger partial charge in [0, 0.05) is 17.8 Å². The van der Waals surface area contributed by atoms with Crippen LogP contribution in [-0.2, 0) is 9.53 Å². The number of anilines is 1. The summed E-state index contributed by atoms with van der Waals surface area (Å²) in [5.74, 6) is 0.323. The molecule has 3 rings (SSSR count). The standard InChI is InChI=1S/C22H26N2O4/c1-15-7-8-20(11-16(15)2)28-14-21(25)23-19-6-4-5-18(12-19)22(26)24-9-10-27-13-17(24)3/h4-8,11-12,17H,9-10,13-14H2,1-3H3,(H,23,25). The van der Waals surface area contributed by atoms with Crippen molar-refractivity contribution < 1.29 is 19.1 Å². The number of ether oxygens (including phenoxy) is 2. The Kier molecular flexibility index (Phi) is 6.31. The first-order valence-corrected chi connectivity index (χ1v) is 9.42. The lowest BCUT2D eigenvalue weighted by molar-refractivity contribution is -0.118. The van der Waals surface area contributed by atoms with Crippen LogP contribution in [0.25, 0.3) is 0 Å². The summed E-state index contributed by atoms with van der Waals surface area (Å²) >= 11 is 0. The second kappa shape index (κ2) is 8.89. The van der Waals surface area contributed by atoms with Gasteiger partial charge in [0.05, 0.1) is 19.3 Å². The van der Waals surface area contributed by atoms with Crippen LogP contribution in [0.3, 0.4) is 0 Å². The Labute approximate surface area is 165 Å². The van der Waals surface area contributed by atoms with E-state index in [9.17, 15) is 9.59 Å². The van der Waals surface area contributed by atoms with E-state index in [0.717, 1.165) is 5.56 Å². The second-order valence-corrected chi connectivity index (χ2v) is 7.09. The Balaban J connectivity index is 1.59. The van der Waals surface area contributed by atoms with Crippen molar-refractivity contribution >= 4 is 17.5 Å². The molecule has 1 heterocycles. The van der Waals surface area contributed by atoms with Crippen LogP contribution in [0.1, 0.15) is 28.4 Å². The highest BCUT2D eigenvalue weighted by Crippen LogP contribution is 2.18. The molecule has 0 aliphatic carbocycles. The monoisotopic (exact) mass is 382 g/mol. The van der Waals surface area contributed by atoms with Crippen molar-refractivity contribution in [3.8, 4) is 5.75 Å². The predicted octanol–water partition coefficient (Wildman–Crippen LogP) is 3.18. The first-order valence-electron chi connectivity index (χ1n) is 9.42. The number of hydrogen-bond donors (Lipinski definition) is 1. The minimum Gasteiger partial charge on any atom is -0.484 e. The molecule has 28 heavy (non-hydrogen) atoms. The third kappa shape index (κ3) is 4.89. The van der Waals surface area contributed by atoms with E-state index in [1.54, 1.807) is 29.2 Å². The van der Waals surface area contributed by atoms with Gasteiger partial charge in [-0.2, -0.15) is 0 Å². The van der Waals surface area contributed by atoms with Crippen LogP contribution in [0.5, 0.6) is 5.75 Å². The Morgan fingerprint density at radius 3 is 2.75 bits per heavy atom. The maximum atomic E-state index is 12.8. The molecule has 0 spiro atoms. The van der Waals surface area contributed by atoms with E-state index in [4.69, 9.17) is 9.47 Å². The zero-order valence-electron chi connectivity index (χ0n) is 16.5. The maximum Gasteiger partial charge on any atom is 0.262 e. The van der Waals surface area contributed by atoms with Crippen LogP contribution in [0.2, 0.25) is 0 Å². The Morgan fingerprint density at radius 1 is 1.18 bits per heavy atom. The molecule has 1 aliphatic rings. The van der Waals surface area contributed by atoms with E-state index in [-0.39, 0.29) is 24.5 Å². The van der Waals surface area contributed by atoms with Gasteiger partial charge in [-0.1, -0.05) is 12.1 Å². The van der Waals surface area contributed by atoms with Crippen molar-refractivity contribution in [1.29, 1.82) is 0 Å². The molecule has 6 heteroatoms. The van der Waals surface area contributed by atoms with Gasteiger partial charge in [-0.05, 0) is 62.2 Å². The normalized spacial score (nSPS) is 16.5. The predicted molar refractivity (Wildman–Crippen MR) is 108 cm³/mol. The molecule has 1 atom stereocenters. The van der Waals surface area contributed by atoms with Crippen LogP contribution in [0.4, 0.5) is 5.69 Å². The van der Waals surface area contributed by atoms with Crippen LogP contribution in [0, 0.1) is 13.8 Å².